The van der Waals surface area contributed by atoms with Crippen LogP contribution in [0.4, 0.5) is 5.69 Å². The highest BCUT2D eigenvalue weighted by molar-refractivity contribution is 5.30. The quantitative estimate of drug-likeness (QED) is 0.651. The van der Waals surface area contributed by atoms with Crippen molar-refractivity contribution in [3.63, 3.8) is 0 Å². The van der Waals surface area contributed by atoms with Gasteiger partial charge in [0.05, 0.1) is 11.5 Å². The van der Waals surface area contributed by atoms with Gasteiger partial charge in [-0.1, -0.05) is 12.1 Å². The van der Waals surface area contributed by atoms with Crippen LogP contribution in [0.25, 0.3) is 0 Å². The zero-order valence-corrected chi connectivity index (χ0v) is 9.18. The van der Waals surface area contributed by atoms with E-state index < -0.39 is 4.92 Å². The summed E-state index contributed by atoms with van der Waals surface area (Å²) >= 11 is 0. The molecule has 2 rings (SSSR count). The molecule has 0 fully saturated rings. The van der Waals surface area contributed by atoms with E-state index in [9.17, 15) is 10.1 Å². The van der Waals surface area contributed by atoms with Crippen LogP contribution in [0.3, 0.4) is 0 Å². The molecule has 1 heterocycles. The molecule has 1 aromatic heterocycles. The van der Waals surface area contributed by atoms with E-state index in [1.807, 2.05) is 0 Å². The minimum Gasteiger partial charge on any atom is -0.424 e. The van der Waals surface area contributed by atoms with Gasteiger partial charge in [-0.2, -0.15) is 9.97 Å². The zero-order chi connectivity index (χ0) is 13.0. The maximum atomic E-state index is 10.4. The lowest BCUT2D eigenvalue weighted by molar-refractivity contribution is -0.385. The van der Waals surface area contributed by atoms with Crippen LogP contribution in [0.5, 0.6) is 11.8 Å². The fourth-order valence-corrected chi connectivity index (χ4v) is 1.27. The summed E-state index contributed by atoms with van der Waals surface area (Å²) in [6, 6.07) is 6.76. The highest BCUT2D eigenvalue weighted by Crippen LogP contribution is 2.19. The molecule has 0 aliphatic carbocycles. The third-order valence-corrected chi connectivity index (χ3v) is 2.12. The monoisotopic (exact) mass is 247 g/mol. The Morgan fingerprint density at radius 2 is 2.06 bits per heavy atom. The van der Waals surface area contributed by atoms with Crippen LogP contribution in [0.1, 0.15) is 5.56 Å². The van der Waals surface area contributed by atoms with Gasteiger partial charge in [-0.15, -0.1) is 0 Å². The van der Waals surface area contributed by atoms with E-state index in [0.29, 0.717) is 11.3 Å². The van der Waals surface area contributed by atoms with E-state index in [0.717, 1.165) is 12.4 Å². The van der Waals surface area contributed by atoms with Gasteiger partial charge in [-0.3, -0.25) is 10.1 Å². The molecule has 0 atom stereocenters. The van der Waals surface area contributed by atoms with Gasteiger partial charge < -0.3 is 9.84 Å². The van der Waals surface area contributed by atoms with Gasteiger partial charge in [0.25, 0.3) is 0 Å². The summed E-state index contributed by atoms with van der Waals surface area (Å²) in [6.45, 7) is -0.0989. The van der Waals surface area contributed by atoms with Gasteiger partial charge in [-0.05, 0) is 17.7 Å². The molecule has 0 saturated heterocycles. The van der Waals surface area contributed by atoms with Gasteiger partial charge >= 0.3 is 11.7 Å². The van der Waals surface area contributed by atoms with Gasteiger partial charge in [0.2, 0.25) is 0 Å². The summed E-state index contributed by atoms with van der Waals surface area (Å²) in [5, 5.41) is 19.4. The lowest BCUT2D eigenvalue weighted by Crippen LogP contribution is -1.95. The number of aromatic nitrogens is 2. The number of nitro groups is 1. The summed E-state index contributed by atoms with van der Waals surface area (Å²) in [6.07, 6.45) is 2.14. The summed E-state index contributed by atoms with van der Waals surface area (Å²) < 4.78 is 5.30. The fourth-order valence-electron chi connectivity index (χ4n) is 1.27. The van der Waals surface area contributed by atoms with Crippen LogP contribution in [0.15, 0.2) is 36.7 Å². The maximum Gasteiger partial charge on any atom is 0.322 e. The van der Waals surface area contributed by atoms with Crippen molar-refractivity contribution in [3.8, 4) is 11.8 Å². The van der Waals surface area contributed by atoms with Crippen molar-refractivity contribution >= 4 is 5.69 Å². The van der Waals surface area contributed by atoms with Crippen molar-refractivity contribution in [1.82, 2.24) is 9.97 Å². The van der Waals surface area contributed by atoms with E-state index in [1.54, 1.807) is 24.3 Å². The van der Waals surface area contributed by atoms with Gasteiger partial charge in [0, 0.05) is 0 Å². The molecular weight excluding hydrogens is 238 g/mol. The number of nitrogens with zero attached hydrogens (tertiary/aromatic N) is 3. The van der Waals surface area contributed by atoms with Gasteiger partial charge in [0.1, 0.15) is 18.1 Å². The Hall–Kier alpha value is -2.54. The molecule has 0 radical (unpaired) electrons. The lowest BCUT2D eigenvalue weighted by atomic mass is 10.2. The average Bonchev–Trinajstić information content (AvgIpc) is 2.39. The number of hydrogen-bond donors (Lipinski definition) is 1. The second kappa shape index (κ2) is 5.19. The molecule has 0 spiro atoms. The standard InChI is InChI=1S/C11H9N3O4/c15-7-8-2-1-3-10(4-8)18-11-12-5-9(6-13-11)14(16)17/h1-6,15H,7H2. The Morgan fingerprint density at radius 1 is 1.33 bits per heavy atom. The average molecular weight is 247 g/mol. The van der Waals surface area contributed by atoms with Crippen LogP contribution < -0.4 is 4.74 Å². The van der Waals surface area contributed by atoms with E-state index in [1.165, 1.54) is 0 Å². The van der Waals surface area contributed by atoms with Crippen molar-refractivity contribution in [2.45, 2.75) is 6.61 Å². The Balaban J connectivity index is 2.15. The summed E-state index contributed by atoms with van der Waals surface area (Å²) in [5.74, 6) is 0.454. The number of aliphatic hydroxyl groups excluding tert-OH is 1. The third-order valence-electron chi connectivity index (χ3n) is 2.12. The molecule has 0 unspecified atom stereocenters. The minimum atomic E-state index is -0.587. The molecular formula is C11H9N3O4. The van der Waals surface area contributed by atoms with E-state index >= 15 is 0 Å². The van der Waals surface area contributed by atoms with E-state index in [2.05, 4.69) is 9.97 Å². The summed E-state index contributed by atoms with van der Waals surface area (Å²) in [4.78, 5) is 17.3. The molecule has 0 saturated carbocycles. The highest BCUT2D eigenvalue weighted by atomic mass is 16.6. The maximum absolute atomic E-state index is 10.4. The van der Waals surface area contributed by atoms with Crippen LogP contribution in [0.2, 0.25) is 0 Å². The molecule has 1 aromatic carbocycles. The van der Waals surface area contributed by atoms with Crippen molar-refractivity contribution < 1.29 is 14.8 Å². The van der Waals surface area contributed by atoms with Crippen LogP contribution >= 0.6 is 0 Å². The number of rotatable bonds is 4. The minimum absolute atomic E-state index is 0.00990. The zero-order valence-electron chi connectivity index (χ0n) is 9.18. The van der Waals surface area contributed by atoms with Crippen LogP contribution in [0, 0.1) is 10.1 Å². The smallest absolute Gasteiger partial charge is 0.322 e. The molecule has 7 heteroatoms. The fraction of sp³-hybridized carbons (Fsp3) is 0.0909. The molecule has 2 aromatic rings. The molecule has 0 aliphatic heterocycles. The van der Waals surface area contributed by atoms with Crippen LogP contribution in [-0.4, -0.2) is 20.0 Å². The number of ether oxygens (including phenoxy) is 1. The predicted octanol–water partition coefficient (Wildman–Crippen LogP) is 1.67. The Labute approximate surface area is 102 Å². The molecule has 92 valence electrons. The van der Waals surface area contributed by atoms with Crippen molar-refractivity contribution in [2.75, 3.05) is 0 Å². The summed E-state index contributed by atoms with van der Waals surface area (Å²) in [5.41, 5.74) is 0.487. The first kappa shape index (κ1) is 11.9. The van der Waals surface area contributed by atoms with E-state index in [4.69, 9.17) is 9.84 Å². The summed E-state index contributed by atoms with van der Waals surface area (Å²) in [7, 11) is 0. The first-order chi connectivity index (χ1) is 8.69. The Morgan fingerprint density at radius 3 is 2.67 bits per heavy atom. The number of hydrogen-bond acceptors (Lipinski definition) is 6. The Bertz CT molecular complexity index is 556. The lowest BCUT2D eigenvalue weighted by Gasteiger charge is -2.04. The van der Waals surface area contributed by atoms with Crippen LogP contribution in [-0.2, 0) is 6.61 Å². The number of benzene rings is 1. The molecule has 18 heavy (non-hydrogen) atoms. The second-order valence-electron chi connectivity index (χ2n) is 3.39. The normalized spacial score (nSPS) is 10.1. The van der Waals surface area contributed by atoms with Crippen molar-refractivity contribution in [2.24, 2.45) is 0 Å². The molecule has 1 N–H and O–H groups in total. The number of aliphatic hydroxyl groups is 1. The first-order valence-corrected chi connectivity index (χ1v) is 5.03. The van der Waals surface area contributed by atoms with Crippen molar-refractivity contribution in [1.29, 1.82) is 0 Å². The predicted molar refractivity (Wildman–Crippen MR) is 61.1 cm³/mol. The van der Waals surface area contributed by atoms with Crippen molar-refractivity contribution in [3.05, 3.63) is 52.3 Å². The topological polar surface area (TPSA) is 98.4 Å². The molecule has 0 bridgehead atoms. The largest absolute Gasteiger partial charge is 0.424 e. The van der Waals surface area contributed by atoms with E-state index in [-0.39, 0.29) is 18.3 Å². The third kappa shape index (κ3) is 2.77. The molecule has 0 amide bonds. The van der Waals surface area contributed by atoms with Gasteiger partial charge in [-0.25, -0.2) is 0 Å². The Kier molecular flexibility index (Phi) is 3.44. The highest BCUT2D eigenvalue weighted by Gasteiger charge is 2.08. The first-order valence-electron chi connectivity index (χ1n) is 5.03. The van der Waals surface area contributed by atoms with Gasteiger partial charge in [0.15, 0.2) is 0 Å². The molecule has 0 aliphatic rings. The second-order valence-corrected chi connectivity index (χ2v) is 3.39. The SMILES string of the molecule is O=[N+]([O-])c1cnc(Oc2cccc(CO)c2)nc1. The molecule has 7 nitrogen and oxygen atoms in total.